The summed E-state index contributed by atoms with van der Waals surface area (Å²) in [5.74, 6) is -0.200. The molecule has 1 amide bonds. The number of nitrogens with one attached hydrogen (secondary N) is 1. The average Bonchev–Trinajstić information content (AvgIpc) is 3.03. The van der Waals surface area contributed by atoms with Crippen LogP contribution in [0.3, 0.4) is 0 Å². The fraction of sp³-hybridized carbons (Fsp3) is 0.485. The number of hydrogen-bond donors (Lipinski definition) is 2. The molecule has 3 aromatic heterocycles. The van der Waals surface area contributed by atoms with Crippen LogP contribution in [0.2, 0.25) is 0 Å². The number of nitrogens with zero attached hydrogens (tertiary/aromatic N) is 4. The van der Waals surface area contributed by atoms with E-state index in [-0.39, 0.29) is 30.6 Å². The third-order valence-corrected chi connectivity index (χ3v) is 8.02. The maximum Gasteiger partial charge on any atom is 0.412 e. The number of hydrogen-bond acceptors (Lipinski definition) is 10. The van der Waals surface area contributed by atoms with Gasteiger partial charge in [-0.25, -0.2) is 23.5 Å². The maximum atomic E-state index is 13.1. The minimum atomic E-state index is -2.61. The summed E-state index contributed by atoms with van der Waals surface area (Å²) in [6.07, 6.45) is 1.97. The molecular weight excluding hydrogens is 600 g/mol. The lowest BCUT2D eigenvalue weighted by molar-refractivity contribution is -0.159. The molecule has 4 rings (SSSR count). The zero-order valence-electron chi connectivity index (χ0n) is 25.8. The third kappa shape index (κ3) is 9.39. The molecule has 0 radical (unpaired) electrons. The van der Waals surface area contributed by atoms with E-state index < -0.39 is 30.9 Å². The fourth-order valence-corrected chi connectivity index (χ4v) is 5.29. The Labute approximate surface area is 268 Å². The Morgan fingerprint density at radius 1 is 1.09 bits per heavy atom. The molecule has 0 saturated heterocycles. The summed E-state index contributed by atoms with van der Waals surface area (Å²) in [5, 5.41) is 14.5. The molecule has 1 aliphatic carbocycles. The summed E-state index contributed by atoms with van der Waals surface area (Å²) in [4.78, 5) is 39.1. The van der Waals surface area contributed by atoms with Gasteiger partial charge in [0.2, 0.25) is 6.79 Å². The minimum Gasteiger partial charge on any atom is -0.428 e. The van der Waals surface area contributed by atoms with Crippen molar-refractivity contribution in [2.45, 2.75) is 59.0 Å². The van der Waals surface area contributed by atoms with Crippen LogP contribution in [0.15, 0.2) is 48.8 Å². The standard InChI is InChI=1S/C32H39F2N5O6.CH4/c1-20-15-25(37-28(16-20)38-27-17-22(29(33)34)11-12-35-27)23-7-10-26(36-18-23)32(2,42)24-8-5-21(6-9-24)30(40)44-19-45-31(41)39(3)13-14-43-4;/h7,10-12,15-18,21,24,29,42H,5-6,8-9,13-14,19H2,1-4H3,(H,35,37,38);1H4/t21?,24?,32-;/m1./s1. The second-order valence-electron chi connectivity index (χ2n) is 11.3. The number of carbonyl (C=O) groups excluding carboxylic acids is 2. The van der Waals surface area contributed by atoms with E-state index in [2.05, 4.69) is 20.3 Å². The van der Waals surface area contributed by atoms with Gasteiger partial charge in [-0.3, -0.25) is 9.78 Å². The topological polar surface area (TPSA) is 136 Å². The van der Waals surface area contributed by atoms with Crippen molar-refractivity contribution >= 4 is 23.7 Å². The van der Waals surface area contributed by atoms with E-state index in [9.17, 15) is 23.5 Å². The predicted molar refractivity (Wildman–Crippen MR) is 168 cm³/mol. The van der Waals surface area contributed by atoms with Gasteiger partial charge in [0.25, 0.3) is 6.43 Å². The zero-order chi connectivity index (χ0) is 32.6. The number of rotatable bonds is 12. The van der Waals surface area contributed by atoms with Crippen LogP contribution in [-0.4, -0.2) is 71.1 Å². The number of aryl methyl sites for hydroxylation is 1. The van der Waals surface area contributed by atoms with Crippen molar-refractivity contribution in [1.29, 1.82) is 0 Å². The van der Waals surface area contributed by atoms with Crippen molar-refractivity contribution in [3.8, 4) is 11.3 Å². The van der Waals surface area contributed by atoms with Crippen molar-refractivity contribution < 1.29 is 37.7 Å². The second kappa shape index (κ2) is 16.4. The van der Waals surface area contributed by atoms with E-state index in [0.717, 1.165) is 5.56 Å². The van der Waals surface area contributed by atoms with Crippen molar-refractivity contribution in [3.05, 3.63) is 65.6 Å². The van der Waals surface area contributed by atoms with Gasteiger partial charge >= 0.3 is 12.1 Å². The summed E-state index contributed by atoms with van der Waals surface area (Å²) in [6, 6.07) is 9.80. The smallest absolute Gasteiger partial charge is 0.412 e. The Hall–Kier alpha value is -4.23. The van der Waals surface area contributed by atoms with E-state index >= 15 is 0 Å². The Balaban J connectivity index is 0.00000576. The number of halogens is 2. The molecule has 0 unspecified atom stereocenters. The normalized spacial score (nSPS) is 17.4. The first-order valence-electron chi connectivity index (χ1n) is 14.7. The average molecular weight is 644 g/mol. The van der Waals surface area contributed by atoms with Gasteiger partial charge in [-0.05, 0) is 87.4 Å². The Morgan fingerprint density at radius 3 is 2.48 bits per heavy atom. The summed E-state index contributed by atoms with van der Waals surface area (Å²) >= 11 is 0. The largest absolute Gasteiger partial charge is 0.428 e. The highest BCUT2D eigenvalue weighted by atomic mass is 19.3. The van der Waals surface area contributed by atoms with Gasteiger partial charge in [0.1, 0.15) is 17.2 Å². The molecule has 3 aromatic rings. The number of aromatic nitrogens is 3. The molecule has 0 aromatic carbocycles. The van der Waals surface area contributed by atoms with Gasteiger partial charge in [-0.1, -0.05) is 7.43 Å². The first kappa shape index (κ1) is 36.2. The number of esters is 1. The van der Waals surface area contributed by atoms with Crippen LogP contribution < -0.4 is 5.32 Å². The molecule has 3 heterocycles. The molecule has 46 heavy (non-hydrogen) atoms. The molecular formula is C33H43F2N5O6. The predicted octanol–water partition coefficient (Wildman–Crippen LogP) is 6.39. The van der Waals surface area contributed by atoms with E-state index in [1.54, 1.807) is 32.3 Å². The lowest BCUT2D eigenvalue weighted by atomic mass is 9.73. The van der Waals surface area contributed by atoms with Gasteiger partial charge in [0.05, 0.1) is 23.9 Å². The summed E-state index contributed by atoms with van der Waals surface area (Å²) in [5.41, 5.74) is 1.36. The first-order chi connectivity index (χ1) is 21.5. The van der Waals surface area contributed by atoms with Gasteiger partial charge in [-0.15, -0.1) is 0 Å². The SMILES string of the molecule is C.COCCN(C)C(=O)OCOC(=O)C1CCC([C@@](C)(O)c2ccc(-c3cc(C)cc(Nc4cc(C(F)F)ccn4)n3)cn2)CC1. The van der Waals surface area contributed by atoms with Crippen LogP contribution in [0.4, 0.5) is 25.2 Å². The molecule has 2 N–H and O–H groups in total. The highest BCUT2D eigenvalue weighted by molar-refractivity contribution is 5.73. The summed E-state index contributed by atoms with van der Waals surface area (Å²) in [7, 11) is 3.09. The van der Waals surface area contributed by atoms with E-state index in [4.69, 9.17) is 14.2 Å². The van der Waals surface area contributed by atoms with Crippen molar-refractivity contribution in [2.75, 3.05) is 39.4 Å². The van der Waals surface area contributed by atoms with Crippen LogP contribution in [0.25, 0.3) is 11.3 Å². The molecule has 0 spiro atoms. The Kier molecular flexibility index (Phi) is 12.9. The molecule has 1 saturated carbocycles. The molecule has 0 aliphatic heterocycles. The van der Waals surface area contributed by atoms with Crippen molar-refractivity contribution in [2.24, 2.45) is 11.8 Å². The minimum absolute atomic E-state index is 0. The lowest BCUT2D eigenvalue weighted by Gasteiger charge is -2.37. The van der Waals surface area contributed by atoms with Crippen LogP contribution >= 0.6 is 0 Å². The van der Waals surface area contributed by atoms with E-state index in [1.165, 1.54) is 30.3 Å². The van der Waals surface area contributed by atoms with Crippen LogP contribution in [0, 0.1) is 18.8 Å². The fourth-order valence-electron chi connectivity index (χ4n) is 5.29. The number of amides is 1. The zero-order valence-corrected chi connectivity index (χ0v) is 25.8. The molecule has 0 bridgehead atoms. The number of ether oxygens (including phenoxy) is 3. The summed E-state index contributed by atoms with van der Waals surface area (Å²) < 4.78 is 41.3. The maximum absolute atomic E-state index is 13.1. The van der Waals surface area contributed by atoms with Gasteiger partial charge in [-0.2, -0.15) is 0 Å². The summed E-state index contributed by atoms with van der Waals surface area (Å²) in [6.45, 7) is 3.88. The van der Waals surface area contributed by atoms with Gasteiger partial charge in [0.15, 0.2) is 0 Å². The molecule has 1 fully saturated rings. The third-order valence-electron chi connectivity index (χ3n) is 8.02. The quantitative estimate of drug-likeness (QED) is 0.169. The Bertz CT molecular complexity index is 1450. The number of methoxy groups -OCH3 is 1. The highest BCUT2D eigenvalue weighted by Crippen LogP contribution is 2.41. The van der Waals surface area contributed by atoms with Crippen LogP contribution in [-0.2, 0) is 24.6 Å². The van der Waals surface area contributed by atoms with E-state index in [1.807, 2.05) is 19.1 Å². The van der Waals surface area contributed by atoms with Gasteiger partial charge < -0.3 is 29.5 Å². The van der Waals surface area contributed by atoms with Crippen molar-refractivity contribution in [1.82, 2.24) is 19.9 Å². The number of pyridine rings is 3. The van der Waals surface area contributed by atoms with Crippen LogP contribution in [0.1, 0.15) is 63.3 Å². The second-order valence-corrected chi connectivity index (χ2v) is 11.3. The Morgan fingerprint density at radius 2 is 1.83 bits per heavy atom. The number of aliphatic hydroxyl groups is 1. The first-order valence-corrected chi connectivity index (χ1v) is 14.7. The molecule has 11 nitrogen and oxygen atoms in total. The highest BCUT2D eigenvalue weighted by Gasteiger charge is 2.39. The number of alkyl halides is 2. The van der Waals surface area contributed by atoms with Crippen molar-refractivity contribution in [3.63, 3.8) is 0 Å². The van der Waals surface area contributed by atoms with Crippen LogP contribution in [0.5, 0.6) is 0 Å². The van der Waals surface area contributed by atoms with E-state index in [0.29, 0.717) is 61.6 Å². The molecule has 1 atom stereocenters. The van der Waals surface area contributed by atoms with Gasteiger partial charge in [0, 0.05) is 44.2 Å². The molecule has 1 aliphatic rings. The number of anilines is 2. The monoisotopic (exact) mass is 643 g/mol. The number of carbonyl (C=O) groups is 2. The molecule has 250 valence electrons. The molecule has 13 heteroatoms. The number of likely N-dealkylation sites (N-methyl/N-ethyl adjacent to an activating group) is 1. The lowest BCUT2D eigenvalue weighted by Crippen LogP contribution is -2.37.